The quantitative estimate of drug-likeness (QED) is 0.442. The molecule has 0 spiro atoms. The second-order valence-corrected chi connectivity index (χ2v) is 3.43. The third kappa shape index (κ3) is 4.59. The number of hydrogen-bond acceptors (Lipinski definition) is 2. The van der Waals surface area contributed by atoms with Crippen molar-refractivity contribution < 1.29 is 69.1 Å². The van der Waals surface area contributed by atoms with E-state index in [-0.39, 0.29) is 68.2 Å². The Labute approximate surface area is 134 Å². The molecule has 0 heterocycles. The SMILES string of the molecule is Cc1c(N)cc(C[B-](F)(F)F)cc1C=O.[K+]. The first kappa shape index (κ1) is 16.2. The van der Waals surface area contributed by atoms with Crippen LogP contribution in [0.3, 0.4) is 0 Å². The van der Waals surface area contributed by atoms with Gasteiger partial charge in [-0.1, -0.05) is 17.9 Å². The number of hydrogen-bond donors (Lipinski definition) is 1. The van der Waals surface area contributed by atoms with Crippen LogP contribution in [-0.4, -0.2) is 13.3 Å². The van der Waals surface area contributed by atoms with Crippen LogP contribution in [-0.2, 0) is 6.32 Å². The molecule has 0 aliphatic rings. The molecule has 1 rings (SSSR count). The van der Waals surface area contributed by atoms with E-state index < -0.39 is 13.3 Å². The van der Waals surface area contributed by atoms with Crippen molar-refractivity contribution in [2.45, 2.75) is 13.2 Å². The number of nitrogen functional groups attached to an aromatic ring is 1. The molecule has 0 aliphatic carbocycles. The van der Waals surface area contributed by atoms with Crippen molar-refractivity contribution in [3.05, 3.63) is 28.8 Å². The first-order chi connectivity index (χ1) is 6.83. The second-order valence-electron chi connectivity index (χ2n) is 3.43. The molecule has 0 atom stereocenters. The summed E-state index contributed by atoms with van der Waals surface area (Å²) in [5.74, 6) is 0. The van der Waals surface area contributed by atoms with Crippen LogP contribution in [0.5, 0.6) is 0 Å². The van der Waals surface area contributed by atoms with Gasteiger partial charge in [0.2, 0.25) is 0 Å². The molecule has 1 aromatic rings. The zero-order valence-corrected chi connectivity index (χ0v) is 12.3. The number of aldehydes is 1. The third-order valence-corrected chi connectivity index (χ3v) is 2.14. The summed E-state index contributed by atoms with van der Waals surface area (Å²) in [6, 6.07) is 2.49. The molecule has 2 N–H and O–H groups in total. The standard InChI is InChI=1S/C9H10BF3NO.K/c1-6-8(5-15)2-7(3-9(6)14)4-10(11,12)13;/h2-3,5H,4,14H2,1H3;/q-1;+1. The molecule has 0 aromatic heterocycles. The van der Waals surface area contributed by atoms with Gasteiger partial charge in [0, 0.05) is 11.3 Å². The van der Waals surface area contributed by atoms with Crippen LogP contribution in [0.2, 0.25) is 0 Å². The Morgan fingerprint density at radius 3 is 2.38 bits per heavy atom. The van der Waals surface area contributed by atoms with Gasteiger partial charge >= 0.3 is 58.4 Å². The molecule has 82 valence electrons. The Hall–Kier alpha value is 0.181. The van der Waals surface area contributed by atoms with Gasteiger partial charge in [-0.15, -0.1) is 0 Å². The van der Waals surface area contributed by atoms with Gasteiger partial charge in [-0.3, -0.25) is 4.79 Å². The number of nitrogens with two attached hydrogens (primary N) is 1. The van der Waals surface area contributed by atoms with Crippen molar-refractivity contribution in [1.29, 1.82) is 0 Å². The normalized spacial score (nSPS) is 10.8. The van der Waals surface area contributed by atoms with Crippen LogP contribution in [0.25, 0.3) is 0 Å². The number of benzene rings is 1. The minimum Gasteiger partial charge on any atom is -0.449 e. The predicted octanol–water partition coefficient (Wildman–Crippen LogP) is -0.677. The van der Waals surface area contributed by atoms with Crippen molar-refractivity contribution in [2.75, 3.05) is 5.73 Å². The zero-order chi connectivity index (χ0) is 11.6. The van der Waals surface area contributed by atoms with Gasteiger partial charge in [0.15, 0.2) is 0 Å². The maximum atomic E-state index is 12.1. The van der Waals surface area contributed by atoms with Crippen LogP contribution in [0.1, 0.15) is 21.5 Å². The summed E-state index contributed by atoms with van der Waals surface area (Å²) in [6.07, 6.45) is -0.496. The molecule has 0 aliphatic heterocycles. The van der Waals surface area contributed by atoms with Crippen molar-refractivity contribution in [2.24, 2.45) is 0 Å². The fourth-order valence-corrected chi connectivity index (χ4v) is 1.33. The van der Waals surface area contributed by atoms with E-state index in [4.69, 9.17) is 5.73 Å². The molecular weight excluding hydrogens is 245 g/mol. The summed E-state index contributed by atoms with van der Waals surface area (Å²) in [4.78, 5) is 10.6. The van der Waals surface area contributed by atoms with Gasteiger partial charge in [0.25, 0.3) is 0 Å². The number of carbonyl (C=O) groups is 1. The molecule has 7 heteroatoms. The predicted molar refractivity (Wildman–Crippen MR) is 53.8 cm³/mol. The molecule has 16 heavy (non-hydrogen) atoms. The van der Waals surface area contributed by atoms with Crippen molar-refractivity contribution in [1.82, 2.24) is 0 Å². The molecular formula is C9H10BF3KNO. The Kier molecular flexibility index (Phi) is 6.28. The van der Waals surface area contributed by atoms with E-state index in [1.54, 1.807) is 6.92 Å². The van der Waals surface area contributed by atoms with Crippen molar-refractivity contribution >= 4 is 19.0 Å². The fraction of sp³-hybridized carbons (Fsp3) is 0.222. The second kappa shape index (κ2) is 6.21. The number of anilines is 1. The molecule has 0 amide bonds. The summed E-state index contributed by atoms with van der Waals surface area (Å²) in [5, 5.41) is 0. The van der Waals surface area contributed by atoms with Crippen LogP contribution in [0.4, 0.5) is 18.6 Å². The summed E-state index contributed by atoms with van der Waals surface area (Å²) in [7, 11) is 0. The fourth-order valence-electron chi connectivity index (χ4n) is 1.33. The molecule has 0 saturated carbocycles. The van der Waals surface area contributed by atoms with Crippen molar-refractivity contribution in [3.8, 4) is 0 Å². The Balaban J connectivity index is 0.00000225. The van der Waals surface area contributed by atoms with E-state index in [1.807, 2.05) is 0 Å². The summed E-state index contributed by atoms with van der Waals surface area (Å²) in [6.45, 7) is -3.30. The summed E-state index contributed by atoms with van der Waals surface area (Å²) in [5.41, 5.74) is 6.48. The smallest absolute Gasteiger partial charge is 0.449 e. The van der Waals surface area contributed by atoms with Gasteiger partial charge in [0.1, 0.15) is 6.29 Å². The van der Waals surface area contributed by atoms with E-state index in [2.05, 4.69) is 0 Å². The van der Waals surface area contributed by atoms with E-state index in [9.17, 15) is 17.7 Å². The summed E-state index contributed by atoms with van der Waals surface area (Å²) < 4.78 is 36.4. The van der Waals surface area contributed by atoms with Crippen LogP contribution in [0, 0.1) is 6.92 Å². The average molecular weight is 255 g/mol. The first-order valence-electron chi connectivity index (χ1n) is 4.38. The molecule has 0 fully saturated rings. The maximum Gasteiger partial charge on any atom is 1.00 e. The van der Waals surface area contributed by atoms with Gasteiger partial charge in [-0.05, 0) is 18.6 Å². The van der Waals surface area contributed by atoms with Crippen molar-refractivity contribution in [3.63, 3.8) is 0 Å². The molecule has 1 aromatic carbocycles. The van der Waals surface area contributed by atoms with Gasteiger partial charge < -0.3 is 18.7 Å². The first-order valence-corrected chi connectivity index (χ1v) is 4.38. The number of carbonyl (C=O) groups excluding carboxylic acids is 1. The van der Waals surface area contributed by atoms with E-state index in [0.717, 1.165) is 0 Å². The van der Waals surface area contributed by atoms with Crippen LogP contribution in [0.15, 0.2) is 12.1 Å². The largest absolute Gasteiger partial charge is 1.00 e. The minimum absolute atomic E-state index is 0. The molecule has 2 nitrogen and oxygen atoms in total. The third-order valence-electron chi connectivity index (χ3n) is 2.14. The maximum absolute atomic E-state index is 12.1. The van der Waals surface area contributed by atoms with Crippen LogP contribution >= 0.6 is 0 Å². The van der Waals surface area contributed by atoms with Crippen LogP contribution < -0.4 is 57.1 Å². The van der Waals surface area contributed by atoms with E-state index in [0.29, 0.717) is 11.8 Å². The Morgan fingerprint density at radius 2 is 1.94 bits per heavy atom. The molecule has 0 bridgehead atoms. The summed E-state index contributed by atoms with van der Waals surface area (Å²) >= 11 is 0. The van der Waals surface area contributed by atoms with E-state index in [1.165, 1.54) is 12.1 Å². The number of halogens is 3. The molecule has 0 unspecified atom stereocenters. The average Bonchev–Trinajstić information content (AvgIpc) is 2.08. The number of rotatable bonds is 3. The zero-order valence-electron chi connectivity index (χ0n) is 9.14. The van der Waals surface area contributed by atoms with Gasteiger partial charge in [-0.25, -0.2) is 0 Å². The monoisotopic (exact) mass is 255 g/mol. The Morgan fingerprint density at radius 1 is 1.38 bits per heavy atom. The minimum atomic E-state index is -4.90. The van der Waals surface area contributed by atoms with E-state index >= 15 is 0 Å². The van der Waals surface area contributed by atoms with Gasteiger partial charge in [0.05, 0.1) is 0 Å². The van der Waals surface area contributed by atoms with Gasteiger partial charge in [-0.2, -0.15) is 0 Å². The molecule has 0 radical (unpaired) electrons. The molecule has 0 saturated heterocycles. The Bertz CT molecular complexity index is 395. The topological polar surface area (TPSA) is 43.1 Å².